The van der Waals surface area contributed by atoms with Crippen molar-refractivity contribution in [2.75, 3.05) is 18.5 Å². The molecule has 2 aromatic rings. The highest BCUT2D eigenvalue weighted by Crippen LogP contribution is 2.27. The Bertz CT molecular complexity index is 959. The number of benzene rings is 2. The first-order valence-electron chi connectivity index (χ1n) is 9.01. The van der Waals surface area contributed by atoms with E-state index in [2.05, 4.69) is 5.32 Å². The second kappa shape index (κ2) is 9.87. The number of aliphatic hydroxyl groups excluding tert-OH is 1. The molecule has 0 aliphatic heterocycles. The third-order valence-corrected chi connectivity index (χ3v) is 6.35. The van der Waals surface area contributed by atoms with Crippen LogP contribution in [-0.2, 0) is 19.6 Å². The summed E-state index contributed by atoms with van der Waals surface area (Å²) in [7, 11) is -4.19. The van der Waals surface area contributed by atoms with Gasteiger partial charge in [-0.05, 0) is 48.4 Å². The molecule has 0 fully saturated rings. The lowest BCUT2D eigenvalue weighted by Crippen LogP contribution is -2.41. The molecule has 29 heavy (non-hydrogen) atoms. The van der Waals surface area contributed by atoms with Crippen molar-refractivity contribution in [2.45, 2.75) is 31.1 Å². The SMILES string of the molecule is CCC(C(=O)N(CCO)S(=O)(=O)c1ccc(NC(C)=O)cc1)c1ccc(Cl)cc1. The average Bonchev–Trinajstić information content (AvgIpc) is 2.67. The van der Waals surface area contributed by atoms with E-state index in [1.165, 1.54) is 31.2 Å². The molecule has 2 rings (SSSR count). The molecule has 0 saturated heterocycles. The van der Waals surface area contributed by atoms with Crippen molar-refractivity contribution in [3.63, 3.8) is 0 Å². The van der Waals surface area contributed by atoms with Gasteiger partial charge in [0.2, 0.25) is 11.8 Å². The number of amides is 2. The lowest BCUT2D eigenvalue weighted by molar-refractivity contribution is -0.128. The molecule has 0 saturated carbocycles. The van der Waals surface area contributed by atoms with Crippen LogP contribution in [0.25, 0.3) is 0 Å². The van der Waals surface area contributed by atoms with E-state index in [1.807, 2.05) is 0 Å². The Labute approximate surface area is 175 Å². The summed E-state index contributed by atoms with van der Waals surface area (Å²) in [6, 6.07) is 12.1. The van der Waals surface area contributed by atoms with Gasteiger partial charge < -0.3 is 10.4 Å². The third kappa shape index (κ3) is 5.56. The van der Waals surface area contributed by atoms with Crippen LogP contribution >= 0.6 is 11.6 Å². The van der Waals surface area contributed by atoms with Crippen LogP contribution in [0.15, 0.2) is 53.4 Å². The van der Waals surface area contributed by atoms with E-state index in [4.69, 9.17) is 11.6 Å². The maximum Gasteiger partial charge on any atom is 0.266 e. The minimum atomic E-state index is -4.19. The predicted octanol–water partition coefficient (Wildman–Crippen LogP) is 3.00. The molecule has 1 atom stereocenters. The molecule has 156 valence electrons. The summed E-state index contributed by atoms with van der Waals surface area (Å²) in [6.07, 6.45) is 0.374. The van der Waals surface area contributed by atoms with Gasteiger partial charge in [-0.1, -0.05) is 30.7 Å². The molecule has 0 spiro atoms. The van der Waals surface area contributed by atoms with Gasteiger partial charge in [-0.25, -0.2) is 12.7 Å². The summed E-state index contributed by atoms with van der Waals surface area (Å²) in [5.41, 5.74) is 1.07. The number of anilines is 1. The maximum absolute atomic E-state index is 13.1. The number of nitrogens with one attached hydrogen (secondary N) is 1. The van der Waals surface area contributed by atoms with Gasteiger partial charge in [-0.2, -0.15) is 0 Å². The van der Waals surface area contributed by atoms with Gasteiger partial charge >= 0.3 is 0 Å². The number of aliphatic hydroxyl groups is 1. The average molecular weight is 439 g/mol. The molecule has 0 aliphatic carbocycles. The summed E-state index contributed by atoms with van der Waals surface area (Å²) in [6.45, 7) is 2.25. The van der Waals surface area contributed by atoms with Crippen molar-refractivity contribution >= 4 is 39.1 Å². The number of halogens is 1. The topological polar surface area (TPSA) is 104 Å². The van der Waals surface area contributed by atoms with Crippen molar-refractivity contribution in [1.82, 2.24) is 4.31 Å². The molecular weight excluding hydrogens is 416 g/mol. The van der Waals surface area contributed by atoms with Crippen LogP contribution in [0.2, 0.25) is 5.02 Å². The Kier molecular flexibility index (Phi) is 7.78. The molecule has 0 aliphatic rings. The second-order valence-electron chi connectivity index (χ2n) is 6.36. The second-order valence-corrected chi connectivity index (χ2v) is 8.66. The van der Waals surface area contributed by atoms with E-state index in [0.29, 0.717) is 27.0 Å². The lowest BCUT2D eigenvalue weighted by atomic mass is 9.95. The fraction of sp³-hybridized carbons (Fsp3) is 0.300. The summed E-state index contributed by atoms with van der Waals surface area (Å²) < 4.78 is 26.9. The van der Waals surface area contributed by atoms with E-state index in [0.717, 1.165) is 0 Å². The highest BCUT2D eigenvalue weighted by atomic mass is 35.5. The fourth-order valence-electron chi connectivity index (χ4n) is 2.90. The Morgan fingerprint density at radius 1 is 1.10 bits per heavy atom. The van der Waals surface area contributed by atoms with E-state index in [9.17, 15) is 23.1 Å². The van der Waals surface area contributed by atoms with Crippen molar-refractivity contribution in [3.05, 3.63) is 59.1 Å². The molecule has 0 heterocycles. The third-order valence-electron chi connectivity index (χ3n) is 4.29. The molecule has 0 radical (unpaired) electrons. The maximum atomic E-state index is 13.1. The van der Waals surface area contributed by atoms with Gasteiger partial charge in [0, 0.05) is 17.6 Å². The van der Waals surface area contributed by atoms with E-state index in [1.54, 1.807) is 31.2 Å². The quantitative estimate of drug-likeness (QED) is 0.659. The van der Waals surface area contributed by atoms with E-state index < -0.39 is 28.5 Å². The van der Waals surface area contributed by atoms with Gasteiger partial charge in [0.1, 0.15) is 0 Å². The molecule has 9 heteroatoms. The Morgan fingerprint density at radius 3 is 2.17 bits per heavy atom. The van der Waals surface area contributed by atoms with Crippen LogP contribution in [0.4, 0.5) is 5.69 Å². The summed E-state index contributed by atoms with van der Waals surface area (Å²) in [5.74, 6) is -1.62. The Balaban J connectivity index is 2.38. The van der Waals surface area contributed by atoms with Crippen LogP contribution in [0.5, 0.6) is 0 Å². The molecule has 7 nitrogen and oxygen atoms in total. The largest absolute Gasteiger partial charge is 0.394 e. The molecule has 0 bridgehead atoms. The van der Waals surface area contributed by atoms with Crippen molar-refractivity contribution in [1.29, 1.82) is 0 Å². The monoisotopic (exact) mass is 438 g/mol. The number of rotatable bonds is 8. The Hall–Kier alpha value is -2.42. The molecule has 0 aromatic heterocycles. The smallest absolute Gasteiger partial charge is 0.266 e. The standard InChI is InChI=1S/C20H23ClN2O5S/c1-3-19(15-4-6-16(21)7-5-15)20(26)23(12-13-24)29(27,28)18-10-8-17(9-11-18)22-14(2)25/h4-11,19,24H,3,12-13H2,1-2H3,(H,22,25). The minimum absolute atomic E-state index is 0.112. The minimum Gasteiger partial charge on any atom is -0.394 e. The van der Waals surface area contributed by atoms with Gasteiger partial charge in [0.15, 0.2) is 0 Å². The van der Waals surface area contributed by atoms with Crippen molar-refractivity contribution in [2.24, 2.45) is 0 Å². The molecule has 2 N–H and O–H groups in total. The summed E-state index contributed by atoms with van der Waals surface area (Å²) >= 11 is 5.90. The zero-order valence-corrected chi connectivity index (χ0v) is 17.7. The normalized spacial score (nSPS) is 12.3. The molecule has 2 aromatic carbocycles. The zero-order chi connectivity index (χ0) is 21.6. The van der Waals surface area contributed by atoms with Crippen LogP contribution < -0.4 is 5.32 Å². The van der Waals surface area contributed by atoms with Crippen LogP contribution in [0.3, 0.4) is 0 Å². The highest BCUT2D eigenvalue weighted by molar-refractivity contribution is 7.89. The first-order chi connectivity index (χ1) is 13.7. The number of hydrogen-bond acceptors (Lipinski definition) is 5. The number of carbonyl (C=O) groups excluding carboxylic acids is 2. The zero-order valence-electron chi connectivity index (χ0n) is 16.1. The van der Waals surface area contributed by atoms with E-state index in [-0.39, 0.29) is 17.3 Å². The number of nitrogens with zero attached hydrogens (tertiary/aromatic N) is 1. The molecule has 1 unspecified atom stereocenters. The summed E-state index contributed by atoms with van der Waals surface area (Å²) in [4.78, 5) is 24.1. The fourth-order valence-corrected chi connectivity index (χ4v) is 4.45. The van der Waals surface area contributed by atoms with Gasteiger partial charge in [-0.3, -0.25) is 9.59 Å². The highest BCUT2D eigenvalue weighted by Gasteiger charge is 2.33. The van der Waals surface area contributed by atoms with Crippen molar-refractivity contribution in [3.8, 4) is 0 Å². The van der Waals surface area contributed by atoms with Crippen LogP contribution in [0, 0.1) is 0 Å². The van der Waals surface area contributed by atoms with Gasteiger partial charge in [-0.15, -0.1) is 0 Å². The van der Waals surface area contributed by atoms with E-state index >= 15 is 0 Å². The van der Waals surface area contributed by atoms with Crippen molar-refractivity contribution < 1.29 is 23.1 Å². The van der Waals surface area contributed by atoms with Crippen LogP contribution in [-0.4, -0.2) is 42.8 Å². The molecular formula is C20H23ClN2O5S. The number of sulfonamides is 1. The van der Waals surface area contributed by atoms with Gasteiger partial charge in [0.25, 0.3) is 10.0 Å². The molecule has 2 amide bonds. The predicted molar refractivity (Wildman–Crippen MR) is 111 cm³/mol. The van der Waals surface area contributed by atoms with Gasteiger partial charge in [0.05, 0.1) is 24.0 Å². The van der Waals surface area contributed by atoms with Crippen LogP contribution in [0.1, 0.15) is 31.7 Å². The Morgan fingerprint density at radius 2 is 1.69 bits per heavy atom. The number of carbonyl (C=O) groups is 2. The number of hydrogen-bond donors (Lipinski definition) is 2. The summed E-state index contributed by atoms with van der Waals surface area (Å²) in [5, 5.41) is 12.4. The first kappa shape index (κ1) is 22.9. The lowest BCUT2D eigenvalue weighted by Gasteiger charge is -2.26. The first-order valence-corrected chi connectivity index (χ1v) is 10.8.